The van der Waals surface area contributed by atoms with Crippen LogP contribution in [0.5, 0.6) is 11.5 Å². The van der Waals surface area contributed by atoms with Crippen molar-refractivity contribution in [1.82, 2.24) is 4.98 Å². The molecule has 0 unspecified atom stereocenters. The Bertz CT molecular complexity index is 1330. The molecule has 0 radical (unpaired) electrons. The number of pyridine rings is 1. The number of aromatic nitrogens is 1. The van der Waals surface area contributed by atoms with Crippen LogP contribution in [0.4, 0.5) is 0 Å². The summed E-state index contributed by atoms with van der Waals surface area (Å²) in [4.78, 5) is 4.40. The van der Waals surface area contributed by atoms with Crippen molar-refractivity contribution in [3.8, 4) is 22.6 Å². The first-order valence-corrected chi connectivity index (χ1v) is 10.5. The summed E-state index contributed by atoms with van der Waals surface area (Å²) in [6.07, 6.45) is 2.83. The average molecular weight is 387 g/mol. The van der Waals surface area contributed by atoms with Crippen LogP contribution in [0.3, 0.4) is 0 Å². The van der Waals surface area contributed by atoms with E-state index in [1.807, 2.05) is 6.20 Å². The number of ether oxygens (including phenoxy) is 1. The van der Waals surface area contributed by atoms with Crippen LogP contribution >= 0.6 is 0 Å². The highest BCUT2D eigenvalue weighted by Gasteiger charge is 2.39. The molecule has 0 aliphatic carbocycles. The third kappa shape index (κ3) is 2.55. The maximum atomic E-state index is 6.43. The first kappa shape index (κ1) is 17.5. The number of hydrogen-bond donors (Lipinski definition) is 0. The van der Waals surface area contributed by atoms with Crippen LogP contribution in [0.2, 0.25) is 0 Å². The summed E-state index contributed by atoms with van der Waals surface area (Å²) < 4.78 is 6.43. The fourth-order valence-corrected chi connectivity index (χ4v) is 5.14. The van der Waals surface area contributed by atoms with Crippen LogP contribution in [0.15, 0.2) is 66.9 Å². The Hall–Kier alpha value is -3.33. The molecule has 2 nitrogen and oxygen atoms in total. The molecule has 0 spiro atoms. The molecule has 1 aromatic heterocycles. The smallest absolute Gasteiger partial charge is 0.251 e. The van der Waals surface area contributed by atoms with Gasteiger partial charge in [-0.2, -0.15) is 0 Å². The molecular weight excluding hydrogens is 365 g/mol. The SMILES string of the molecule is Cc1ccc2c(c1)B1c3cc(C)ccc3Oc3ccc(-c4ccnc(C)c4)c(c31)C2. The molecule has 3 heterocycles. The van der Waals surface area contributed by atoms with E-state index < -0.39 is 0 Å². The lowest BCUT2D eigenvalue weighted by Crippen LogP contribution is -2.59. The zero-order chi connectivity index (χ0) is 20.4. The Labute approximate surface area is 177 Å². The summed E-state index contributed by atoms with van der Waals surface area (Å²) in [5, 5.41) is 0. The minimum Gasteiger partial charge on any atom is -0.458 e. The number of rotatable bonds is 1. The van der Waals surface area contributed by atoms with Crippen molar-refractivity contribution in [1.29, 1.82) is 0 Å². The summed E-state index contributed by atoms with van der Waals surface area (Å²) in [5.41, 5.74) is 12.9. The Morgan fingerprint density at radius 2 is 1.57 bits per heavy atom. The van der Waals surface area contributed by atoms with Crippen LogP contribution in [0, 0.1) is 20.8 Å². The largest absolute Gasteiger partial charge is 0.458 e. The topological polar surface area (TPSA) is 22.1 Å². The van der Waals surface area contributed by atoms with Gasteiger partial charge in [-0.1, -0.05) is 53.0 Å². The summed E-state index contributed by atoms with van der Waals surface area (Å²) in [6, 6.07) is 22.1. The number of aryl methyl sites for hydroxylation is 3. The van der Waals surface area contributed by atoms with Crippen molar-refractivity contribution in [3.05, 3.63) is 94.8 Å². The van der Waals surface area contributed by atoms with Crippen LogP contribution in [0.25, 0.3) is 11.1 Å². The molecule has 6 rings (SSSR count). The lowest BCUT2D eigenvalue weighted by atomic mass is 9.32. The molecule has 144 valence electrons. The van der Waals surface area contributed by atoms with Crippen molar-refractivity contribution >= 4 is 23.1 Å². The zero-order valence-corrected chi connectivity index (χ0v) is 17.5. The quantitative estimate of drug-likeness (QED) is 0.395. The number of fused-ring (bicyclic) bond motifs is 4. The highest BCUT2D eigenvalue weighted by molar-refractivity contribution is 6.97. The molecule has 0 fully saturated rings. The molecular formula is C27H22BNO. The number of nitrogens with zero attached hydrogens (tertiary/aromatic N) is 1. The van der Waals surface area contributed by atoms with E-state index >= 15 is 0 Å². The van der Waals surface area contributed by atoms with E-state index in [-0.39, 0.29) is 6.71 Å². The number of hydrogen-bond acceptors (Lipinski definition) is 2. The van der Waals surface area contributed by atoms with E-state index in [1.54, 1.807) is 0 Å². The molecule has 0 atom stereocenters. The maximum absolute atomic E-state index is 6.43. The second-order valence-electron chi connectivity index (χ2n) is 8.64. The second kappa shape index (κ2) is 6.34. The summed E-state index contributed by atoms with van der Waals surface area (Å²) in [6.45, 7) is 6.61. The first-order chi connectivity index (χ1) is 14.6. The molecule has 4 aromatic rings. The minimum absolute atomic E-state index is 0.213. The van der Waals surface area contributed by atoms with Gasteiger partial charge < -0.3 is 4.74 Å². The molecule has 2 aliphatic heterocycles. The van der Waals surface area contributed by atoms with E-state index in [9.17, 15) is 0 Å². The summed E-state index contributed by atoms with van der Waals surface area (Å²) >= 11 is 0. The molecule has 0 bridgehead atoms. The van der Waals surface area contributed by atoms with Gasteiger partial charge >= 0.3 is 0 Å². The van der Waals surface area contributed by atoms with Crippen LogP contribution < -0.4 is 21.1 Å². The monoisotopic (exact) mass is 387 g/mol. The van der Waals surface area contributed by atoms with E-state index in [1.165, 1.54) is 49.8 Å². The Morgan fingerprint density at radius 1 is 0.800 bits per heavy atom. The van der Waals surface area contributed by atoms with Gasteiger partial charge in [-0.3, -0.25) is 4.98 Å². The molecule has 0 N–H and O–H groups in total. The van der Waals surface area contributed by atoms with Gasteiger partial charge in [0.1, 0.15) is 11.5 Å². The second-order valence-corrected chi connectivity index (χ2v) is 8.64. The lowest BCUT2D eigenvalue weighted by Gasteiger charge is -2.35. The van der Waals surface area contributed by atoms with Crippen LogP contribution in [0.1, 0.15) is 27.9 Å². The predicted octanol–water partition coefficient (Wildman–Crippen LogP) is 4.20. The molecule has 0 saturated carbocycles. The molecule has 2 aliphatic rings. The van der Waals surface area contributed by atoms with Crippen molar-refractivity contribution in [2.75, 3.05) is 0 Å². The Balaban J connectivity index is 1.67. The fraction of sp³-hybridized carbons (Fsp3) is 0.148. The Morgan fingerprint density at radius 3 is 2.40 bits per heavy atom. The standard InChI is InChI=1S/C27H22BNO/c1-16-4-6-20-15-22-21(19-10-11-29-18(3)14-19)7-9-26-27(22)28(23(20)12-16)24-13-17(2)5-8-25(24)30-26/h4-14H,15H2,1-3H3. The van der Waals surface area contributed by atoms with Gasteiger partial charge in [-0.15, -0.1) is 0 Å². The van der Waals surface area contributed by atoms with Gasteiger partial charge in [0.15, 0.2) is 0 Å². The van der Waals surface area contributed by atoms with Gasteiger partial charge in [0, 0.05) is 11.9 Å². The Kier molecular flexibility index (Phi) is 3.70. The van der Waals surface area contributed by atoms with E-state index in [2.05, 4.69) is 86.4 Å². The molecule has 0 saturated heterocycles. The highest BCUT2D eigenvalue weighted by Crippen LogP contribution is 2.35. The maximum Gasteiger partial charge on any atom is 0.251 e. The van der Waals surface area contributed by atoms with E-state index in [0.717, 1.165) is 23.6 Å². The van der Waals surface area contributed by atoms with Crippen molar-refractivity contribution < 1.29 is 4.74 Å². The van der Waals surface area contributed by atoms with Gasteiger partial charge in [-0.05, 0) is 84.6 Å². The number of benzene rings is 3. The van der Waals surface area contributed by atoms with Crippen LogP contribution in [-0.2, 0) is 6.42 Å². The predicted molar refractivity (Wildman–Crippen MR) is 124 cm³/mol. The molecule has 3 heteroatoms. The van der Waals surface area contributed by atoms with E-state index in [0.29, 0.717) is 0 Å². The highest BCUT2D eigenvalue weighted by atomic mass is 16.5. The lowest BCUT2D eigenvalue weighted by molar-refractivity contribution is 0.487. The van der Waals surface area contributed by atoms with Gasteiger partial charge in [0.25, 0.3) is 6.71 Å². The normalized spacial score (nSPS) is 13.2. The van der Waals surface area contributed by atoms with Crippen LogP contribution in [-0.4, -0.2) is 11.7 Å². The molecule has 0 amide bonds. The van der Waals surface area contributed by atoms with Crippen molar-refractivity contribution in [3.63, 3.8) is 0 Å². The minimum atomic E-state index is 0.213. The fourth-order valence-electron chi connectivity index (χ4n) is 5.14. The summed E-state index contributed by atoms with van der Waals surface area (Å²) in [5.74, 6) is 1.97. The zero-order valence-electron chi connectivity index (χ0n) is 17.5. The first-order valence-electron chi connectivity index (χ1n) is 10.5. The average Bonchev–Trinajstić information content (AvgIpc) is 2.74. The van der Waals surface area contributed by atoms with Gasteiger partial charge in [-0.25, -0.2) is 0 Å². The van der Waals surface area contributed by atoms with Gasteiger partial charge in [0.2, 0.25) is 0 Å². The van der Waals surface area contributed by atoms with E-state index in [4.69, 9.17) is 4.74 Å². The third-order valence-corrected chi connectivity index (χ3v) is 6.49. The van der Waals surface area contributed by atoms with Crippen molar-refractivity contribution in [2.45, 2.75) is 27.2 Å². The molecule has 3 aromatic carbocycles. The molecule has 30 heavy (non-hydrogen) atoms. The van der Waals surface area contributed by atoms with Crippen molar-refractivity contribution in [2.24, 2.45) is 0 Å². The summed E-state index contributed by atoms with van der Waals surface area (Å²) in [7, 11) is 0. The van der Waals surface area contributed by atoms with Gasteiger partial charge in [0.05, 0.1) is 0 Å². The third-order valence-electron chi connectivity index (χ3n) is 6.49.